The molecule has 0 aromatic carbocycles. The maximum atomic E-state index is 11.2. The monoisotopic (exact) mass is 266 g/mol. The highest BCUT2D eigenvalue weighted by Crippen LogP contribution is 2.18. The lowest BCUT2D eigenvalue weighted by Gasteiger charge is -2.31. The van der Waals surface area contributed by atoms with Crippen molar-refractivity contribution in [3.63, 3.8) is 0 Å². The third-order valence-electron chi connectivity index (χ3n) is 3.57. The molecule has 1 saturated heterocycles. The summed E-state index contributed by atoms with van der Waals surface area (Å²) in [5.74, 6) is 0.208. The number of carbonyl (C=O) groups excluding carboxylic acids is 1. The standard InChI is InChI=1S/C14H22N2OS/c1-3-13-4-5-14(18-13)10-15-12-6-8-16(9-7-12)11(2)17/h4-5,12,15H,3,6-10H2,1-2H3. The molecule has 1 amide bonds. The van der Waals surface area contributed by atoms with Crippen LogP contribution in [0.15, 0.2) is 12.1 Å². The first-order valence-corrected chi connectivity index (χ1v) is 7.57. The maximum absolute atomic E-state index is 11.2. The van der Waals surface area contributed by atoms with Crippen molar-refractivity contribution in [2.45, 2.75) is 45.7 Å². The Hall–Kier alpha value is -0.870. The van der Waals surface area contributed by atoms with Crippen LogP contribution in [0.5, 0.6) is 0 Å². The first kappa shape index (κ1) is 13.6. The molecule has 0 aliphatic carbocycles. The second-order valence-electron chi connectivity index (χ2n) is 4.88. The zero-order valence-electron chi connectivity index (χ0n) is 11.2. The van der Waals surface area contributed by atoms with Crippen molar-refractivity contribution in [2.75, 3.05) is 13.1 Å². The fourth-order valence-electron chi connectivity index (χ4n) is 2.35. The van der Waals surface area contributed by atoms with E-state index in [9.17, 15) is 4.79 Å². The number of likely N-dealkylation sites (tertiary alicyclic amines) is 1. The molecule has 0 unspecified atom stereocenters. The Morgan fingerprint density at radius 2 is 2.06 bits per heavy atom. The molecule has 1 N–H and O–H groups in total. The van der Waals surface area contributed by atoms with Crippen LogP contribution in [0.25, 0.3) is 0 Å². The molecule has 3 nitrogen and oxygen atoms in total. The van der Waals surface area contributed by atoms with E-state index in [1.807, 2.05) is 16.2 Å². The van der Waals surface area contributed by atoms with Gasteiger partial charge in [0.1, 0.15) is 0 Å². The number of thiophene rings is 1. The molecular formula is C14H22N2OS. The van der Waals surface area contributed by atoms with Gasteiger partial charge in [-0.2, -0.15) is 0 Å². The van der Waals surface area contributed by atoms with Gasteiger partial charge in [0.2, 0.25) is 5.91 Å². The molecule has 18 heavy (non-hydrogen) atoms. The van der Waals surface area contributed by atoms with E-state index in [-0.39, 0.29) is 5.91 Å². The summed E-state index contributed by atoms with van der Waals surface area (Å²) >= 11 is 1.90. The molecule has 4 heteroatoms. The summed E-state index contributed by atoms with van der Waals surface area (Å²) in [5, 5.41) is 3.61. The number of carbonyl (C=O) groups is 1. The number of nitrogens with zero attached hydrogens (tertiary/aromatic N) is 1. The average Bonchev–Trinajstić information content (AvgIpc) is 2.85. The van der Waals surface area contributed by atoms with Crippen LogP contribution >= 0.6 is 11.3 Å². The lowest BCUT2D eigenvalue weighted by Crippen LogP contribution is -2.43. The molecular weight excluding hydrogens is 244 g/mol. The summed E-state index contributed by atoms with van der Waals surface area (Å²) < 4.78 is 0. The maximum Gasteiger partial charge on any atom is 0.219 e. The molecule has 1 fully saturated rings. The van der Waals surface area contributed by atoms with Crippen LogP contribution < -0.4 is 5.32 Å². The third-order valence-corrected chi connectivity index (χ3v) is 4.80. The topological polar surface area (TPSA) is 32.3 Å². The van der Waals surface area contributed by atoms with Gasteiger partial charge in [-0.25, -0.2) is 0 Å². The first-order valence-electron chi connectivity index (χ1n) is 6.75. The summed E-state index contributed by atoms with van der Waals surface area (Å²) in [7, 11) is 0. The van der Waals surface area contributed by atoms with Crippen molar-refractivity contribution in [2.24, 2.45) is 0 Å². The predicted octanol–water partition coefficient (Wildman–Crippen LogP) is 2.41. The first-order chi connectivity index (χ1) is 8.69. The third kappa shape index (κ3) is 3.56. The lowest BCUT2D eigenvalue weighted by molar-refractivity contribution is -0.129. The van der Waals surface area contributed by atoms with E-state index < -0.39 is 0 Å². The Bertz CT molecular complexity index is 394. The van der Waals surface area contributed by atoms with Gasteiger partial charge in [0.15, 0.2) is 0 Å². The fourth-order valence-corrected chi connectivity index (χ4v) is 3.26. The van der Waals surface area contributed by atoms with Gasteiger partial charge < -0.3 is 10.2 Å². The van der Waals surface area contributed by atoms with E-state index in [4.69, 9.17) is 0 Å². The van der Waals surface area contributed by atoms with Crippen molar-refractivity contribution < 1.29 is 4.79 Å². The minimum absolute atomic E-state index is 0.208. The van der Waals surface area contributed by atoms with E-state index in [1.54, 1.807) is 6.92 Å². The SMILES string of the molecule is CCc1ccc(CNC2CCN(C(C)=O)CC2)s1. The van der Waals surface area contributed by atoms with Crippen molar-refractivity contribution >= 4 is 17.2 Å². The van der Waals surface area contributed by atoms with Crippen LogP contribution in [-0.4, -0.2) is 29.9 Å². The minimum atomic E-state index is 0.208. The molecule has 0 bridgehead atoms. The quantitative estimate of drug-likeness (QED) is 0.907. The molecule has 0 spiro atoms. The molecule has 1 aromatic rings. The lowest BCUT2D eigenvalue weighted by atomic mass is 10.1. The van der Waals surface area contributed by atoms with Crippen molar-refractivity contribution in [3.05, 3.63) is 21.9 Å². The molecule has 0 saturated carbocycles. The number of aryl methyl sites for hydroxylation is 1. The second kappa shape index (κ2) is 6.34. The van der Waals surface area contributed by atoms with E-state index in [0.717, 1.165) is 38.9 Å². The van der Waals surface area contributed by atoms with Gasteiger partial charge in [-0.1, -0.05) is 6.92 Å². The van der Waals surface area contributed by atoms with Crippen molar-refractivity contribution in [1.82, 2.24) is 10.2 Å². The summed E-state index contributed by atoms with van der Waals surface area (Å²) in [4.78, 5) is 16.0. The zero-order valence-corrected chi connectivity index (χ0v) is 12.1. The summed E-state index contributed by atoms with van der Waals surface area (Å²) in [5.41, 5.74) is 0. The second-order valence-corrected chi connectivity index (χ2v) is 6.14. The van der Waals surface area contributed by atoms with Crippen LogP contribution in [0, 0.1) is 0 Å². The largest absolute Gasteiger partial charge is 0.343 e. The Kier molecular flexibility index (Phi) is 4.78. The van der Waals surface area contributed by atoms with E-state index in [2.05, 4.69) is 24.4 Å². The molecule has 1 aromatic heterocycles. The van der Waals surface area contributed by atoms with Crippen LogP contribution in [0.4, 0.5) is 0 Å². The minimum Gasteiger partial charge on any atom is -0.343 e. The highest BCUT2D eigenvalue weighted by atomic mass is 32.1. The molecule has 1 aliphatic rings. The summed E-state index contributed by atoms with van der Waals surface area (Å²) in [6.45, 7) is 6.62. The Balaban J connectivity index is 1.73. The fraction of sp³-hybridized carbons (Fsp3) is 0.643. The highest BCUT2D eigenvalue weighted by Gasteiger charge is 2.20. The van der Waals surface area contributed by atoms with Gasteiger partial charge in [-0.15, -0.1) is 11.3 Å². The zero-order chi connectivity index (χ0) is 13.0. The Morgan fingerprint density at radius 3 is 2.61 bits per heavy atom. The highest BCUT2D eigenvalue weighted by molar-refractivity contribution is 7.11. The number of amides is 1. The average molecular weight is 266 g/mol. The number of nitrogens with one attached hydrogen (secondary N) is 1. The van der Waals surface area contributed by atoms with Gasteiger partial charge in [0.05, 0.1) is 0 Å². The van der Waals surface area contributed by atoms with Gasteiger partial charge in [0, 0.05) is 42.4 Å². The number of rotatable bonds is 4. The molecule has 0 atom stereocenters. The summed E-state index contributed by atoms with van der Waals surface area (Å²) in [6, 6.07) is 5.01. The number of hydrogen-bond donors (Lipinski definition) is 1. The van der Waals surface area contributed by atoms with E-state index in [1.165, 1.54) is 9.75 Å². The normalized spacial score (nSPS) is 17.1. The molecule has 0 radical (unpaired) electrons. The van der Waals surface area contributed by atoms with Gasteiger partial charge in [0.25, 0.3) is 0 Å². The van der Waals surface area contributed by atoms with Crippen LogP contribution in [0.1, 0.15) is 36.4 Å². The summed E-state index contributed by atoms with van der Waals surface area (Å²) in [6.07, 6.45) is 3.28. The van der Waals surface area contributed by atoms with Crippen LogP contribution in [0.2, 0.25) is 0 Å². The van der Waals surface area contributed by atoms with Gasteiger partial charge >= 0.3 is 0 Å². The number of piperidine rings is 1. The van der Waals surface area contributed by atoms with E-state index >= 15 is 0 Å². The predicted molar refractivity (Wildman–Crippen MR) is 75.8 cm³/mol. The smallest absolute Gasteiger partial charge is 0.219 e. The molecule has 100 valence electrons. The van der Waals surface area contributed by atoms with Gasteiger partial charge in [-0.3, -0.25) is 4.79 Å². The van der Waals surface area contributed by atoms with Crippen molar-refractivity contribution in [1.29, 1.82) is 0 Å². The van der Waals surface area contributed by atoms with Crippen molar-refractivity contribution in [3.8, 4) is 0 Å². The Morgan fingerprint density at radius 1 is 1.39 bits per heavy atom. The number of hydrogen-bond acceptors (Lipinski definition) is 3. The molecule has 2 heterocycles. The Labute approximate surface area is 113 Å². The van der Waals surface area contributed by atoms with Crippen LogP contribution in [0.3, 0.4) is 0 Å². The molecule has 2 rings (SSSR count). The molecule has 1 aliphatic heterocycles. The van der Waals surface area contributed by atoms with Crippen LogP contribution in [-0.2, 0) is 17.8 Å². The van der Waals surface area contributed by atoms with Gasteiger partial charge in [-0.05, 0) is 31.4 Å². The van der Waals surface area contributed by atoms with E-state index in [0.29, 0.717) is 6.04 Å².